The Labute approximate surface area is 222 Å². The monoisotopic (exact) mass is 519 g/mol. The second-order valence-electron chi connectivity index (χ2n) is 8.61. The summed E-state index contributed by atoms with van der Waals surface area (Å²) in [5.74, 6) is -0.125. The molecule has 0 radical (unpaired) electrons. The number of pyridine rings is 1. The Hall–Kier alpha value is -4.32. The zero-order chi connectivity index (χ0) is 25.7. The molecule has 1 aliphatic rings. The Morgan fingerprint density at radius 1 is 0.973 bits per heavy atom. The lowest BCUT2D eigenvalue weighted by Crippen LogP contribution is -2.28. The molecule has 0 atom stereocenters. The van der Waals surface area contributed by atoms with E-state index in [9.17, 15) is 10.1 Å². The van der Waals surface area contributed by atoms with Crippen LogP contribution in [0.3, 0.4) is 0 Å². The Bertz CT molecular complexity index is 1710. The maximum atomic E-state index is 14.2. The quantitative estimate of drug-likeness (QED) is 0.265. The fraction of sp³-hybridized carbons (Fsp3) is 0.0690. The average molecular weight is 520 g/mol. The van der Waals surface area contributed by atoms with E-state index in [0.29, 0.717) is 26.3 Å². The lowest BCUT2D eigenvalue weighted by Gasteiger charge is -2.30. The summed E-state index contributed by atoms with van der Waals surface area (Å²) in [6, 6.07) is 25.8. The molecule has 37 heavy (non-hydrogen) atoms. The number of aromatic nitrogens is 1. The molecule has 0 spiro atoms. The molecule has 1 aliphatic heterocycles. The number of carbonyl (C=O) groups is 1. The summed E-state index contributed by atoms with van der Waals surface area (Å²) < 4.78 is 0. The first-order chi connectivity index (χ1) is 18.0. The number of benzene rings is 3. The first-order valence-corrected chi connectivity index (χ1v) is 13.4. The Morgan fingerprint density at radius 3 is 2.19 bits per heavy atom. The van der Waals surface area contributed by atoms with Crippen LogP contribution in [-0.4, -0.2) is 10.9 Å². The maximum absolute atomic E-state index is 14.2. The van der Waals surface area contributed by atoms with Crippen LogP contribution in [0.1, 0.15) is 27.7 Å². The lowest BCUT2D eigenvalue weighted by molar-refractivity contribution is 0.100. The van der Waals surface area contributed by atoms with Gasteiger partial charge >= 0.3 is 0 Å². The molecule has 2 aromatic heterocycles. The van der Waals surface area contributed by atoms with E-state index in [0.717, 1.165) is 33.2 Å². The predicted octanol–water partition coefficient (Wildman–Crippen LogP) is 7.00. The second kappa shape index (κ2) is 8.96. The molecule has 6 nitrogen and oxygen atoms in total. The molecule has 1 amide bonds. The van der Waals surface area contributed by atoms with Gasteiger partial charge in [0.05, 0.1) is 17.1 Å². The van der Waals surface area contributed by atoms with Gasteiger partial charge in [-0.2, -0.15) is 5.26 Å². The molecule has 5 aromatic rings. The summed E-state index contributed by atoms with van der Waals surface area (Å²) in [6.07, 6.45) is 0.898. The van der Waals surface area contributed by atoms with E-state index in [4.69, 9.17) is 11.5 Å². The number of nitrogens with zero attached hydrogens (tertiary/aromatic N) is 3. The molecule has 3 heterocycles. The fourth-order valence-corrected chi connectivity index (χ4v) is 6.76. The van der Waals surface area contributed by atoms with Gasteiger partial charge < -0.3 is 11.5 Å². The number of aryl methyl sites for hydroxylation is 1. The summed E-state index contributed by atoms with van der Waals surface area (Å²) in [5.41, 5.74) is 17.7. The van der Waals surface area contributed by atoms with Gasteiger partial charge in [0.2, 0.25) is 0 Å². The van der Waals surface area contributed by atoms with Crippen molar-refractivity contribution in [2.45, 2.75) is 23.1 Å². The third-order valence-corrected chi connectivity index (χ3v) is 8.71. The van der Waals surface area contributed by atoms with Crippen LogP contribution in [0.15, 0.2) is 82.6 Å². The van der Waals surface area contributed by atoms with Gasteiger partial charge in [0.25, 0.3) is 5.91 Å². The van der Waals surface area contributed by atoms with Crippen molar-refractivity contribution < 1.29 is 4.79 Å². The van der Waals surface area contributed by atoms with Crippen molar-refractivity contribution in [2.24, 2.45) is 0 Å². The molecule has 0 unspecified atom stereocenters. The molecule has 0 saturated carbocycles. The molecule has 0 bridgehead atoms. The summed E-state index contributed by atoms with van der Waals surface area (Å²) in [6.45, 7) is 2.09. The number of rotatable bonds is 3. The first kappa shape index (κ1) is 23.1. The van der Waals surface area contributed by atoms with Crippen LogP contribution < -0.4 is 16.4 Å². The average Bonchev–Trinajstić information content (AvgIpc) is 3.26. The number of nitrogens with two attached hydrogens (primary N) is 2. The normalized spacial score (nSPS) is 12.2. The van der Waals surface area contributed by atoms with Gasteiger partial charge in [-0.1, -0.05) is 67.2 Å². The number of anilines is 4. The topological polar surface area (TPSA) is 109 Å². The predicted molar refractivity (Wildman–Crippen MR) is 151 cm³/mol. The van der Waals surface area contributed by atoms with E-state index in [2.05, 4.69) is 18.0 Å². The molecule has 0 aliphatic carbocycles. The van der Waals surface area contributed by atoms with Gasteiger partial charge in [-0.05, 0) is 41.8 Å². The van der Waals surface area contributed by atoms with E-state index < -0.39 is 0 Å². The van der Waals surface area contributed by atoms with E-state index in [1.165, 1.54) is 16.9 Å². The number of fused-ring (bicyclic) bond motifs is 3. The molecule has 180 valence electrons. The summed E-state index contributed by atoms with van der Waals surface area (Å²) in [7, 11) is 0. The summed E-state index contributed by atoms with van der Waals surface area (Å²) >= 11 is 2.83. The highest BCUT2D eigenvalue weighted by Gasteiger charge is 2.32. The number of hydrogen-bond acceptors (Lipinski definition) is 7. The zero-order valence-corrected chi connectivity index (χ0v) is 21.5. The molecule has 0 saturated heterocycles. The third kappa shape index (κ3) is 3.63. The van der Waals surface area contributed by atoms with E-state index in [1.54, 1.807) is 16.7 Å². The van der Waals surface area contributed by atoms with Crippen molar-refractivity contribution in [2.75, 3.05) is 16.4 Å². The highest BCUT2D eigenvalue weighted by molar-refractivity contribution is 7.99. The van der Waals surface area contributed by atoms with Crippen LogP contribution in [0.2, 0.25) is 0 Å². The maximum Gasteiger partial charge on any atom is 0.275 e. The number of nitrogen functional groups attached to an aromatic ring is 2. The smallest absolute Gasteiger partial charge is 0.275 e. The molecule has 0 fully saturated rings. The van der Waals surface area contributed by atoms with Gasteiger partial charge in [0.15, 0.2) is 0 Å². The number of nitriles is 1. The Morgan fingerprint density at radius 2 is 1.59 bits per heavy atom. The Balaban J connectivity index is 1.58. The molecular weight excluding hydrogens is 498 g/mol. The molecule has 3 aromatic carbocycles. The molecular formula is C29H21N5OS2. The molecule has 6 rings (SSSR count). The minimum absolute atomic E-state index is 0.120. The van der Waals surface area contributed by atoms with Crippen molar-refractivity contribution in [3.05, 3.63) is 88.8 Å². The Kier molecular flexibility index (Phi) is 5.60. The molecule has 8 heteroatoms. The summed E-state index contributed by atoms with van der Waals surface area (Å²) in [4.78, 5) is 23.3. The van der Waals surface area contributed by atoms with Crippen molar-refractivity contribution in [3.8, 4) is 17.2 Å². The van der Waals surface area contributed by atoms with E-state index in [-0.39, 0.29) is 17.3 Å². The number of carbonyl (C=O) groups excluding carboxylic acids is 1. The highest BCUT2D eigenvalue weighted by Crippen LogP contribution is 2.50. The van der Waals surface area contributed by atoms with Crippen molar-refractivity contribution in [3.63, 3.8) is 0 Å². The van der Waals surface area contributed by atoms with Crippen molar-refractivity contribution in [1.29, 1.82) is 5.26 Å². The van der Waals surface area contributed by atoms with Gasteiger partial charge in [-0.15, -0.1) is 11.3 Å². The van der Waals surface area contributed by atoms with Crippen LogP contribution in [0.5, 0.6) is 0 Å². The minimum Gasteiger partial charge on any atom is -0.397 e. The van der Waals surface area contributed by atoms with Crippen molar-refractivity contribution in [1.82, 2.24) is 4.98 Å². The number of amides is 1. The second-order valence-corrected chi connectivity index (χ2v) is 10.7. The summed E-state index contributed by atoms with van der Waals surface area (Å²) in [5, 5.41) is 10.5. The first-order valence-electron chi connectivity index (χ1n) is 11.7. The number of para-hydroxylation sites is 2. The van der Waals surface area contributed by atoms with Crippen LogP contribution >= 0.6 is 23.1 Å². The zero-order valence-electron chi connectivity index (χ0n) is 19.9. The van der Waals surface area contributed by atoms with Crippen molar-refractivity contribution >= 4 is 62.1 Å². The van der Waals surface area contributed by atoms with E-state index in [1.807, 2.05) is 72.8 Å². The van der Waals surface area contributed by atoms with E-state index >= 15 is 0 Å². The molecule has 4 N–H and O–H groups in total. The standard InChI is InChI=1S/C29H21N5OS2/c1-2-16-11-13-17(14-12-16)23-18(15-30)27(32)33-28-24(23)25(31)26(37-28)29(35)34-19-7-3-5-9-21(19)36-22-10-6-4-8-20(22)34/h3-14H,2,31H2,1H3,(H2,32,33). The van der Waals surface area contributed by atoms with Gasteiger partial charge in [-0.3, -0.25) is 9.69 Å². The van der Waals surface area contributed by atoms with Gasteiger partial charge in [0.1, 0.15) is 27.2 Å². The number of thiophene rings is 1. The van der Waals surface area contributed by atoms with Crippen LogP contribution in [0.25, 0.3) is 21.3 Å². The van der Waals surface area contributed by atoms with Crippen LogP contribution in [0.4, 0.5) is 22.9 Å². The minimum atomic E-state index is -0.245. The fourth-order valence-electron chi connectivity index (χ4n) is 4.66. The lowest BCUT2D eigenvalue weighted by atomic mass is 9.96. The van der Waals surface area contributed by atoms with Crippen LogP contribution in [-0.2, 0) is 6.42 Å². The third-order valence-electron chi connectivity index (χ3n) is 6.50. The number of hydrogen-bond donors (Lipinski definition) is 2. The van der Waals surface area contributed by atoms with Gasteiger partial charge in [0, 0.05) is 20.7 Å². The van der Waals surface area contributed by atoms with Crippen LogP contribution in [0, 0.1) is 11.3 Å². The van der Waals surface area contributed by atoms with Gasteiger partial charge in [-0.25, -0.2) is 4.98 Å². The SMILES string of the molecule is CCc1ccc(-c2c(C#N)c(N)nc3sc(C(=O)N4c5ccccc5Sc5ccccc54)c(N)c23)cc1. The largest absolute Gasteiger partial charge is 0.397 e. The highest BCUT2D eigenvalue weighted by atomic mass is 32.2.